The molecule has 0 spiro atoms. The zero-order chi connectivity index (χ0) is 21.0. The number of hydrogen-bond donors (Lipinski definition) is 0. The summed E-state index contributed by atoms with van der Waals surface area (Å²) in [4.78, 5) is 25.3. The molecule has 30 heavy (non-hydrogen) atoms. The molecule has 0 unspecified atom stereocenters. The topological polar surface area (TPSA) is 80.3 Å². The molecule has 5 rings (SSSR count). The van der Waals surface area contributed by atoms with Crippen LogP contribution in [-0.4, -0.2) is 32.8 Å². The molecule has 2 heterocycles. The van der Waals surface area contributed by atoms with Gasteiger partial charge in [-0.25, -0.2) is 4.79 Å². The molecule has 7 nitrogen and oxygen atoms in total. The minimum absolute atomic E-state index is 0.0465. The van der Waals surface area contributed by atoms with Crippen molar-refractivity contribution < 1.29 is 33.3 Å². The van der Waals surface area contributed by atoms with Gasteiger partial charge in [0.2, 0.25) is 6.79 Å². The van der Waals surface area contributed by atoms with Crippen LogP contribution in [0.15, 0.2) is 30.3 Å². The first kappa shape index (κ1) is 18.3. The first-order valence-electron chi connectivity index (χ1n) is 9.36. The smallest absolute Gasteiger partial charge is 0.339 e. The number of ether oxygens (including phenoxy) is 5. The Hall–Kier alpha value is -3.74. The lowest BCUT2D eigenvalue weighted by Crippen LogP contribution is -2.06. The van der Waals surface area contributed by atoms with Gasteiger partial charge in [0.15, 0.2) is 28.8 Å². The van der Waals surface area contributed by atoms with Crippen LogP contribution in [0.25, 0.3) is 21.9 Å². The van der Waals surface area contributed by atoms with Crippen LogP contribution in [0.1, 0.15) is 33.2 Å². The van der Waals surface area contributed by atoms with Gasteiger partial charge in [-0.3, -0.25) is 4.79 Å². The van der Waals surface area contributed by atoms with Gasteiger partial charge in [-0.1, -0.05) is 6.07 Å². The number of methoxy groups -OCH3 is 2. The highest BCUT2D eigenvalue weighted by Crippen LogP contribution is 2.46. The molecule has 7 heteroatoms. The van der Waals surface area contributed by atoms with Crippen molar-refractivity contribution in [2.24, 2.45) is 0 Å². The highest BCUT2D eigenvalue weighted by atomic mass is 16.7. The molecular formula is C23H18O7. The van der Waals surface area contributed by atoms with Gasteiger partial charge < -0.3 is 23.7 Å². The van der Waals surface area contributed by atoms with E-state index in [1.54, 1.807) is 18.2 Å². The highest BCUT2D eigenvalue weighted by molar-refractivity contribution is 6.19. The Morgan fingerprint density at radius 2 is 1.60 bits per heavy atom. The standard InChI is InChI=1S/C23H18O7/c1-11(24)20-13-7-17(26-2)18(27-3)8-14(13)21(22-15(20)9-28-23(22)25)12-4-5-16-19(6-12)30-10-29-16/h4-8H,9-10H2,1-3H3. The number of hydrogen-bond acceptors (Lipinski definition) is 7. The minimum Gasteiger partial charge on any atom is -0.493 e. The van der Waals surface area contributed by atoms with Crippen molar-refractivity contribution in [3.8, 4) is 34.1 Å². The van der Waals surface area contributed by atoms with Gasteiger partial charge in [0.1, 0.15) is 6.61 Å². The highest BCUT2D eigenvalue weighted by Gasteiger charge is 2.33. The number of carbonyl (C=O) groups is 2. The first-order valence-corrected chi connectivity index (χ1v) is 9.36. The van der Waals surface area contributed by atoms with Crippen molar-refractivity contribution in [3.63, 3.8) is 0 Å². The maximum atomic E-state index is 12.7. The van der Waals surface area contributed by atoms with E-state index in [4.69, 9.17) is 23.7 Å². The van der Waals surface area contributed by atoms with Gasteiger partial charge >= 0.3 is 5.97 Å². The van der Waals surface area contributed by atoms with Crippen LogP contribution >= 0.6 is 0 Å². The lowest BCUT2D eigenvalue weighted by Gasteiger charge is -2.18. The van der Waals surface area contributed by atoms with Gasteiger partial charge in [-0.2, -0.15) is 0 Å². The molecule has 0 bridgehead atoms. The van der Waals surface area contributed by atoms with Crippen molar-refractivity contribution in [2.45, 2.75) is 13.5 Å². The second kappa shape index (κ2) is 6.66. The summed E-state index contributed by atoms with van der Waals surface area (Å²) in [6.45, 7) is 1.67. The minimum atomic E-state index is -0.461. The molecule has 0 fully saturated rings. The van der Waals surface area contributed by atoms with Crippen molar-refractivity contribution in [2.75, 3.05) is 21.0 Å². The molecule has 152 valence electrons. The monoisotopic (exact) mass is 406 g/mol. The second-order valence-corrected chi connectivity index (χ2v) is 7.06. The summed E-state index contributed by atoms with van der Waals surface area (Å²) in [5.41, 5.74) is 2.84. The quantitative estimate of drug-likeness (QED) is 0.476. The second-order valence-electron chi connectivity index (χ2n) is 7.06. The van der Waals surface area contributed by atoms with E-state index in [0.29, 0.717) is 56.0 Å². The number of Topliss-reactive ketones (excluding diaryl/α,β-unsaturated/α-hetero) is 1. The van der Waals surface area contributed by atoms with Crippen molar-refractivity contribution in [1.82, 2.24) is 0 Å². The maximum Gasteiger partial charge on any atom is 0.339 e. The normalized spacial score (nSPS) is 13.9. The van der Waals surface area contributed by atoms with Crippen molar-refractivity contribution >= 4 is 22.5 Å². The fourth-order valence-electron chi connectivity index (χ4n) is 4.20. The van der Waals surface area contributed by atoms with Gasteiger partial charge in [-0.05, 0) is 47.5 Å². The van der Waals surface area contributed by atoms with Gasteiger partial charge in [0, 0.05) is 16.7 Å². The van der Waals surface area contributed by atoms with E-state index < -0.39 is 5.97 Å². The summed E-state index contributed by atoms with van der Waals surface area (Å²) in [6, 6.07) is 9.04. The fourth-order valence-corrected chi connectivity index (χ4v) is 4.20. The van der Waals surface area contributed by atoms with Crippen LogP contribution in [0.3, 0.4) is 0 Å². The van der Waals surface area contributed by atoms with E-state index in [0.717, 1.165) is 5.56 Å². The Morgan fingerprint density at radius 1 is 0.900 bits per heavy atom. The molecule has 3 aromatic rings. The molecule has 0 radical (unpaired) electrons. The van der Waals surface area contributed by atoms with Crippen LogP contribution in [0.2, 0.25) is 0 Å². The van der Waals surface area contributed by atoms with E-state index in [1.165, 1.54) is 21.1 Å². The van der Waals surface area contributed by atoms with Gasteiger partial charge in [0.25, 0.3) is 0 Å². The Bertz CT molecular complexity index is 1240. The summed E-state index contributed by atoms with van der Waals surface area (Å²) in [5.74, 6) is 1.61. The van der Waals surface area contributed by atoms with Crippen LogP contribution in [0, 0.1) is 0 Å². The average Bonchev–Trinajstić information content (AvgIpc) is 3.36. The molecule has 0 aromatic heterocycles. The predicted molar refractivity (Wildman–Crippen MR) is 108 cm³/mol. The molecule has 0 amide bonds. The third-order valence-corrected chi connectivity index (χ3v) is 5.48. The van der Waals surface area contributed by atoms with E-state index >= 15 is 0 Å². The zero-order valence-corrected chi connectivity index (χ0v) is 16.7. The summed E-state index contributed by atoms with van der Waals surface area (Å²) in [6.07, 6.45) is 0. The third kappa shape index (κ3) is 2.51. The lowest BCUT2D eigenvalue weighted by molar-refractivity contribution is 0.0534. The van der Waals surface area contributed by atoms with Crippen LogP contribution < -0.4 is 18.9 Å². The molecule has 2 aliphatic rings. The number of ketones is 1. The Labute approximate surface area is 172 Å². The molecule has 0 atom stereocenters. The van der Waals surface area contributed by atoms with Gasteiger partial charge in [0.05, 0.1) is 19.8 Å². The number of cyclic esters (lactones) is 1. The summed E-state index contributed by atoms with van der Waals surface area (Å²) in [5, 5.41) is 1.36. The molecule has 3 aromatic carbocycles. The third-order valence-electron chi connectivity index (χ3n) is 5.48. The average molecular weight is 406 g/mol. The molecular weight excluding hydrogens is 388 g/mol. The maximum absolute atomic E-state index is 12.7. The van der Waals surface area contributed by atoms with E-state index in [1.807, 2.05) is 12.1 Å². The lowest BCUT2D eigenvalue weighted by atomic mass is 9.85. The van der Waals surface area contributed by atoms with E-state index in [-0.39, 0.29) is 19.2 Å². The van der Waals surface area contributed by atoms with E-state index in [2.05, 4.69) is 0 Å². The Kier molecular flexibility index (Phi) is 4.06. The van der Waals surface area contributed by atoms with Crippen molar-refractivity contribution in [3.05, 3.63) is 47.0 Å². The molecule has 0 saturated heterocycles. The molecule has 0 saturated carbocycles. The number of rotatable bonds is 4. The van der Waals surface area contributed by atoms with Crippen LogP contribution in [0.4, 0.5) is 0 Å². The predicted octanol–water partition coefficient (Wildman–Crippen LogP) is 4.13. The number of fused-ring (bicyclic) bond motifs is 3. The largest absolute Gasteiger partial charge is 0.493 e. The Balaban J connectivity index is 1.94. The molecule has 2 aliphatic heterocycles. The molecule has 0 aliphatic carbocycles. The first-order chi connectivity index (χ1) is 14.5. The SMILES string of the molecule is COc1cc2c(C(C)=O)c3c(c(-c4ccc5c(c4)OCO5)c2cc1OC)C(=O)OC3. The fraction of sp³-hybridized carbons (Fsp3) is 0.217. The molecule has 0 N–H and O–H groups in total. The summed E-state index contributed by atoms with van der Waals surface area (Å²) >= 11 is 0. The zero-order valence-electron chi connectivity index (χ0n) is 16.7. The summed E-state index contributed by atoms with van der Waals surface area (Å²) in [7, 11) is 3.08. The summed E-state index contributed by atoms with van der Waals surface area (Å²) < 4.78 is 27.2. The van der Waals surface area contributed by atoms with Crippen molar-refractivity contribution in [1.29, 1.82) is 0 Å². The number of carbonyl (C=O) groups excluding carboxylic acids is 2. The van der Waals surface area contributed by atoms with Gasteiger partial charge in [-0.15, -0.1) is 0 Å². The Morgan fingerprint density at radius 3 is 2.30 bits per heavy atom. The number of benzene rings is 3. The van der Waals surface area contributed by atoms with E-state index in [9.17, 15) is 9.59 Å². The van der Waals surface area contributed by atoms with Crippen LogP contribution in [0.5, 0.6) is 23.0 Å². The number of esters is 1. The van der Waals surface area contributed by atoms with Crippen LogP contribution in [-0.2, 0) is 11.3 Å².